The van der Waals surface area contributed by atoms with Crippen LogP contribution >= 0.6 is 11.6 Å². The molecule has 2 aromatic carbocycles. The maximum Gasteiger partial charge on any atom is 0.416 e. The van der Waals surface area contributed by atoms with E-state index in [0.717, 1.165) is 41.2 Å². The van der Waals surface area contributed by atoms with Gasteiger partial charge in [0.15, 0.2) is 0 Å². The molecule has 12 heteroatoms. The largest absolute Gasteiger partial charge is 0.416 e. The second kappa shape index (κ2) is 12.7. The van der Waals surface area contributed by atoms with Crippen LogP contribution in [0, 0.1) is 0 Å². The van der Waals surface area contributed by atoms with Crippen LogP contribution in [-0.2, 0) is 22.8 Å². The number of amides is 2. The molecule has 5 rings (SSSR count). The fraction of sp³-hybridized carbons (Fsp3) is 0.367. The topological polar surface area (TPSA) is 70.4 Å². The minimum absolute atomic E-state index is 0.0708. The summed E-state index contributed by atoms with van der Waals surface area (Å²) in [5.74, 6) is -0.930. The molecule has 42 heavy (non-hydrogen) atoms. The number of hydrogen-bond acceptors (Lipinski definition) is 5. The SMILES string of the molecule is Cn1cccc1C1=NN(C(=O)CN(CCN2CCOCC2)C(=O)c2ccc(C(F)(F)F)cc2)C(c2ccc(Cl)cc2)C1. The molecule has 0 N–H and O–H groups in total. The first-order valence-electron chi connectivity index (χ1n) is 13.6. The summed E-state index contributed by atoms with van der Waals surface area (Å²) in [5, 5.41) is 6.68. The predicted octanol–water partition coefficient (Wildman–Crippen LogP) is 4.85. The summed E-state index contributed by atoms with van der Waals surface area (Å²) in [5.41, 5.74) is 1.66. The van der Waals surface area contributed by atoms with Gasteiger partial charge in [-0.1, -0.05) is 23.7 Å². The summed E-state index contributed by atoms with van der Waals surface area (Å²) in [7, 11) is 1.90. The van der Waals surface area contributed by atoms with E-state index in [-0.39, 0.29) is 18.7 Å². The molecule has 1 atom stereocenters. The van der Waals surface area contributed by atoms with Crippen molar-refractivity contribution >= 4 is 29.1 Å². The molecular weight excluding hydrogens is 571 g/mol. The van der Waals surface area contributed by atoms with E-state index in [1.807, 2.05) is 42.1 Å². The number of ether oxygens (including phenoxy) is 1. The third-order valence-corrected chi connectivity index (χ3v) is 7.77. The van der Waals surface area contributed by atoms with Crippen molar-refractivity contribution in [3.63, 3.8) is 0 Å². The molecule has 1 unspecified atom stereocenters. The van der Waals surface area contributed by atoms with Crippen molar-refractivity contribution in [3.8, 4) is 0 Å². The van der Waals surface area contributed by atoms with Gasteiger partial charge in [0.25, 0.3) is 11.8 Å². The average Bonchev–Trinajstić information content (AvgIpc) is 3.62. The maximum atomic E-state index is 13.9. The number of aromatic nitrogens is 1. The van der Waals surface area contributed by atoms with Gasteiger partial charge in [-0.3, -0.25) is 14.5 Å². The highest BCUT2D eigenvalue weighted by atomic mass is 35.5. The van der Waals surface area contributed by atoms with Crippen molar-refractivity contribution in [1.29, 1.82) is 0 Å². The number of alkyl halides is 3. The molecule has 1 saturated heterocycles. The highest BCUT2D eigenvalue weighted by Gasteiger charge is 2.36. The lowest BCUT2D eigenvalue weighted by atomic mass is 10.0. The van der Waals surface area contributed by atoms with Gasteiger partial charge in [0.2, 0.25) is 0 Å². The number of carbonyl (C=O) groups is 2. The second-order valence-electron chi connectivity index (χ2n) is 10.3. The molecule has 3 heterocycles. The fourth-order valence-electron chi connectivity index (χ4n) is 5.16. The number of halogens is 4. The number of rotatable bonds is 8. The summed E-state index contributed by atoms with van der Waals surface area (Å²) in [4.78, 5) is 31.0. The van der Waals surface area contributed by atoms with Gasteiger partial charge in [-0.05, 0) is 54.1 Å². The van der Waals surface area contributed by atoms with Gasteiger partial charge in [0, 0.05) is 56.4 Å². The van der Waals surface area contributed by atoms with Crippen LogP contribution in [0.5, 0.6) is 0 Å². The first-order chi connectivity index (χ1) is 20.1. The summed E-state index contributed by atoms with van der Waals surface area (Å²) in [6, 6.07) is 14.7. The number of carbonyl (C=O) groups excluding carboxylic acids is 2. The average molecular weight is 602 g/mol. The molecular formula is C30H31ClF3N5O3. The number of aryl methyl sites for hydroxylation is 1. The van der Waals surface area contributed by atoms with Crippen LogP contribution in [-0.4, -0.2) is 82.8 Å². The van der Waals surface area contributed by atoms with Gasteiger partial charge in [0.1, 0.15) is 6.54 Å². The van der Waals surface area contributed by atoms with E-state index >= 15 is 0 Å². The Morgan fingerprint density at radius 2 is 1.74 bits per heavy atom. The Hall–Kier alpha value is -3.67. The Labute approximate surface area is 246 Å². The van der Waals surface area contributed by atoms with E-state index in [0.29, 0.717) is 44.3 Å². The van der Waals surface area contributed by atoms with Crippen molar-refractivity contribution in [2.24, 2.45) is 12.1 Å². The van der Waals surface area contributed by atoms with Crippen LogP contribution in [0.1, 0.15) is 39.6 Å². The highest BCUT2D eigenvalue weighted by molar-refractivity contribution is 6.30. The van der Waals surface area contributed by atoms with Gasteiger partial charge in [-0.2, -0.15) is 18.3 Å². The van der Waals surface area contributed by atoms with Crippen LogP contribution in [0.3, 0.4) is 0 Å². The van der Waals surface area contributed by atoms with Crippen LogP contribution in [0.2, 0.25) is 5.02 Å². The molecule has 2 aliphatic heterocycles. The minimum atomic E-state index is -4.52. The number of hydrazone groups is 1. The fourth-order valence-corrected chi connectivity index (χ4v) is 5.29. The van der Waals surface area contributed by atoms with Crippen molar-refractivity contribution in [2.75, 3.05) is 45.9 Å². The molecule has 2 amide bonds. The molecule has 2 aliphatic rings. The summed E-state index contributed by atoms with van der Waals surface area (Å²) in [6.07, 6.45) is -2.16. The van der Waals surface area contributed by atoms with Crippen LogP contribution in [0.25, 0.3) is 0 Å². The third kappa shape index (κ3) is 6.86. The normalized spacial score (nSPS) is 17.8. The van der Waals surface area contributed by atoms with Crippen molar-refractivity contribution in [3.05, 3.63) is 94.3 Å². The Balaban J connectivity index is 1.41. The molecule has 0 spiro atoms. The Bertz CT molecular complexity index is 1430. The maximum absolute atomic E-state index is 13.9. The zero-order chi connectivity index (χ0) is 29.9. The zero-order valence-corrected chi connectivity index (χ0v) is 23.8. The molecule has 0 bridgehead atoms. The standard InChI is InChI=1S/C30H31ClF3N5O3/c1-36-12-2-3-26(36)25-19-27(21-6-10-24(31)11-7-21)39(35-25)28(40)20-38(14-13-37-15-17-42-18-16-37)29(41)22-4-8-23(9-5-22)30(32,33)34/h2-12,27H,13-20H2,1H3. The lowest BCUT2D eigenvalue weighted by Crippen LogP contribution is -2.46. The first-order valence-corrected chi connectivity index (χ1v) is 14.0. The molecule has 1 aromatic heterocycles. The van der Waals surface area contributed by atoms with Crippen molar-refractivity contribution in [1.82, 2.24) is 19.4 Å². The summed E-state index contributed by atoms with van der Waals surface area (Å²) < 4.78 is 46.7. The Kier molecular flexibility index (Phi) is 9.00. The van der Waals surface area contributed by atoms with Gasteiger partial charge >= 0.3 is 6.18 Å². The van der Waals surface area contributed by atoms with Gasteiger partial charge in [-0.25, -0.2) is 5.01 Å². The lowest BCUT2D eigenvalue weighted by Gasteiger charge is -2.31. The van der Waals surface area contributed by atoms with Gasteiger partial charge < -0.3 is 14.2 Å². The molecule has 0 saturated carbocycles. The Morgan fingerprint density at radius 1 is 1.05 bits per heavy atom. The molecule has 0 radical (unpaired) electrons. The lowest BCUT2D eigenvalue weighted by molar-refractivity contribution is -0.137. The molecule has 3 aromatic rings. The van der Waals surface area contributed by atoms with Crippen LogP contribution < -0.4 is 0 Å². The molecule has 222 valence electrons. The van der Waals surface area contributed by atoms with E-state index in [1.54, 1.807) is 12.1 Å². The number of nitrogens with zero attached hydrogens (tertiary/aromatic N) is 5. The summed E-state index contributed by atoms with van der Waals surface area (Å²) >= 11 is 6.11. The molecule has 8 nitrogen and oxygen atoms in total. The van der Waals surface area contributed by atoms with Crippen LogP contribution in [0.15, 0.2) is 72.0 Å². The number of benzene rings is 2. The second-order valence-corrected chi connectivity index (χ2v) is 10.8. The highest BCUT2D eigenvalue weighted by Crippen LogP contribution is 2.34. The van der Waals surface area contributed by atoms with E-state index in [2.05, 4.69) is 4.90 Å². The number of morpholine rings is 1. The van der Waals surface area contributed by atoms with Gasteiger partial charge in [0.05, 0.1) is 36.2 Å². The van der Waals surface area contributed by atoms with E-state index in [4.69, 9.17) is 21.4 Å². The van der Waals surface area contributed by atoms with Crippen molar-refractivity contribution < 1.29 is 27.5 Å². The smallest absolute Gasteiger partial charge is 0.379 e. The van der Waals surface area contributed by atoms with E-state index < -0.39 is 29.6 Å². The van der Waals surface area contributed by atoms with Crippen molar-refractivity contribution in [2.45, 2.75) is 18.6 Å². The monoisotopic (exact) mass is 601 g/mol. The van der Waals surface area contributed by atoms with Gasteiger partial charge in [-0.15, -0.1) is 0 Å². The molecule has 0 aliphatic carbocycles. The molecule has 1 fully saturated rings. The van der Waals surface area contributed by atoms with E-state index in [1.165, 1.54) is 9.91 Å². The quantitative estimate of drug-likeness (QED) is 0.370. The zero-order valence-electron chi connectivity index (χ0n) is 23.1. The first kappa shape index (κ1) is 29.8. The van der Waals surface area contributed by atoms with E-state index in [9.17, 15) is 22.8 Å². The third-order valence-electron chi connectivity index (χ3n) is 7.52. The minimum Gasteiger partial charge on any atom is -0.379 e. The number of hydrogen-bond donors (Lipinski definition) is 0. The summed E-state index contributed by atoms with van der Waals surface area (Å²) in [6.45, 7) is 2.91. The Morgan fingerprint density at radius 3 is 2.36 bits per heavy atom. The van der Waals surface area contributed by atoms with Crippen LogP contribution in [0.4, 0.5) is 13.2 Å². The predicted molar refractivity (Wildman–Crippen MR) is 152 cm³/mol.